The number of anilines is 1. The smallest absolute Gasteiger partial charge is 0.341 e. The lowest BCUT2D eigenvalue weighted by atomic mass is 10.1. The number of rotatable bonds is 5. The molecule has 0 unspecified atom stereocenters. The number of hydrogen-bond acceptors (Lipinski definition) is 6. The number of esters is 1. The molecule has 0 atom stereocenters. The number of nitro groups is 1. The Morgan fingerprint density at radius 2 is 2.18 bits per heavy atom. The molecule has 2 rings (SSSR count). The van der Waals surface area contributed by atoms with E-state index in [1.165, 1.54) is 16.9 Å². The monoisotopic (exact) mass is 304 g/mol. The fourth-order valence-corrected chi connectivity index (χ4v) is 1.94. The molecule has 0 bridgehead atoms. The molecule has 1 aromatic carbocycles. The van der Waals surface area contributed by atoms with Crippen LogP contribution < -0.4 is 4.90 Å². The number of nitro benzene ring substituents is 1. The fraction of sp³-hybridized carbons (Fsp3) is 0.286. The molecule has 1 aromatic heterocycles. The van der Waals surface area contributed by atoms with E-state index >= 15 is 0 Å². The lowest BCUT2D eigenvalue weighted by Crippen LogP contribution is -2.11. The highest BCUT2D eigenvalue weighted by molar-refractivity contribution is 5.88. The van der Waals surface area contributed by atoms with Crippen LogP contribution in [-0.2, 0) is 18.4 Å². The molecule has 0 spiro atoms. The maximum absolute atomic E-state index is 11.8. The largest absolute Gasteiger partial charge is 0.457 e. The van der Waals surface area contributed by atoms with E-state index in [1.54, 1.807) is 44.4 Å². The summed E-state index contributed by atoms with van der Waals surface area (Å²) in [5.41, 5.74) is 1.35. The van der Waals surface area contributed by atoms with Gasteiger partial charge in [0.2, 0.25) is 0 Å². The lowest BCUT2D eigenvalue weighted by molar-refractivity contribution is -0.384. The van der Waals surface area contributed by atoms with Gasteiger partial charge in [0, 0.05) is 33.4 Å². The predicted molar refractivity (Wildman–Crippen MR) is 79.8 cm³/mol. The summed E-state index contributed by atoms with van der Waals surface area (Å²) in [7, 11) is 5.15. The minimum absolute atomic E-state index is 0.0278. The third-order valence-electron chi connectivity index (χ3n) is 3.03. The van der Waals surface area contributed by atoms with Gasteiger partial charge in [0.05, 0.1) is 16.7 Å². The van der Waals surface area contributed by atoms with Gasteiger partial charge >= 0.3 is 5.97 Å². The summed E-state index contributed by atoms with van der Waals surface area (Å²) in [4.78, 5) is 24.1. The third-order valence-corrected chi connectivity index (χ3v) is 3.03. The predicted octanol–water partition coefficient (Wildman–Crippen LogP) is 1.75. The molecule has 0 amide bonds. The molecule has 0 aliphatic rings. The van der Waals surface area contributed by atoms with E-state index < -0.39 is 10.9 Å². The first-order chi connectivity index (χ1) is 10.4. The Morgan fingerprint density at radius 1 is 1.45 bits per heavy atom. The molecule has 0 fully saturated rings. The lowest BCUT2D eigenvalue weighted by Gasteiger charge is -2.13. The zero-order valence-electron chi connectivity index (χ0n) is 12.5. The van der Waals surface area contributed by atoms with Crippen molar-refractivity contribution in [1.29, 1.82) is 0 Å². The molecule has 8 nitrogen and oxygen atoms in total. The van der Waals surface area contributed by atoms with Crippen LogP contribution in [0.4, 0.5) is 11.4 Å². The molecule has 0 aliphatic heterocycles. The zero-order chi connectivity index (χ0) is 16.3. The van der Waals surface area contributed by atoms with Gasteiger partial charge in [-0.05, 0) is 11.6 Å². The first-order valence-corrected chi connectivity index (χ1v) is 6.49. The molecular weight excluding hydrogens is 288 g/mol. The van der Waals surface area contributed by atoms with E-state index in [0.29, 0.717) is 16.8 Å². The summed E-state index contributed by atoms with van der Waals surface area (Å²) in [5, 5.41) is 15.0. The van der Waals surface area contributed by atoms with Crippen molar-refractivity contribution >= 4 is 17.3 Å². The molecule has 0 N–H and O–H groups in total. The van der Waals surface area contributed by atoms with Crippen LogP contribution in [0.15, 0.2) is 30.6 Å². The number of carbonyl (C=O) groups excluding carboxylic acids is 1. The van der Waals surface area contributed by atoms with Gasteiger partial charge < -0.3 is 9.64 Å². The second kappa shape index (κ2) is 6.25. The number of carbonyl (C=O) groups is 1. The molecule has 0 radical (unpaired) electrons. The molecule has 0 saturated carbocycles. The van der Waals surface area contributed by atoms with Gasteiger partial charge in [-0.1, -0.05) is 6.07 Å². The molecule has 0 saturated heterocycles. The Balaban J connectivity index is 2.12. The molecular formula is C14H16N4O4. The number of ether oxygens (including phenoxy) is 1. The molecule has 2 aromatic rings. The zero-order valence-corrected chi connectivity index (χ0v) is 12.5. The van der Waals surface area contributed by atoms with Gasteiger partial charge in [-0.25, -0.2) is 4.79 Å². The van der Waals surface area contributed by atoms with Crippen LogP contribution in [0.25, 0.3) is 0 Å². The number of hydrogen-bond donors (Lipinski definition) is 0. The summed E-state index contributed by atoms with van der Waals surface area (Å²) in [6, 6.07) is 4.73. The second-order valence-corrected chi connectivity index (χ2v) is 4.95. The maximum Gasteiger partial charge on any atom is 0.341 e. The van der Waals surface area contributed by atoms with Crippen LogP contribution in [0.3, 0.4) is 0 Å². The Kier molecular flexibility index (Phi) is 4.40. The van der Waals surface area contributed by atoms with Gasteiger partial charge in [-0.15, -0.1) is 0 Å². The highest BCUT2D eigenvalue weighted by Crippen LogP contribution is 2.28. The summed E-state index contributed by atoms with van der Waals surface area (Å²) in [6.45, 7) is -0.0394. The van der Waals surface area contributed by atoms with Crippen molar-refractivity contribution in [3.8, 4) is 0 Å². The van der Waals surface area contributed by atoms with Crippen molar-refractivity contribution in [3.05, 3.63) is 51.8 Å². The minimum Gasteiger partial charge on any atom is -0.457 e. The van der Waals surface area contributed by atoms with Crippen LogP contribution in [0.1, 0.15) is 15.9 Å². The van der Waals surface area contributed by atoms with Crippen LogP contribution >= 0.6 is 0 Å². The number of aromatic nitrogens is 2. The van der Waals surface area contributed by atoms with Gasteiger partial charge in [-0.3, -0.25) is 14.8 Å². The van der Waals surface area contributed by atoms with E-state index in [4.69, 9.17) is 4.74 Å². The van der Waals surface area contributed by atoms with Crippen molar-refractivity contribution < 1.29 is 14.5 Å². The van der Waals surface area contributed by atoms with E-state index in [-0.39, 0.29) is 12.3 Å². The third kappa shape index (κ3) is 3.40. The summed E-state index contributed by atoms with van der Waals surface area (Å²) in [6.07, 6.45) is 2.94. The summed E-state index contributed by atoms with van der Waals surface area (Å²) >= 11 is 0. The van der Waals surface area contributed by atoms with E-state index in [9.17, 15) is 14.9 Å². The van der Waals surface area contributed by atoms with E-state index in [1.807, 2.05) is 0 Å². The minimum atomic E-state index is -0.521. The van der Waals surface area contributed by atoms with Crippen molar-refractivity contribution in [2.24, 2.45) is 7.05 Å². The number of benzene rings is 1. The Labute approximate surface area is 127 Å². The SMILES string of the molecule is CN(C)c1ccc(COC(=O)c2cnn(C)c2)cc1[N+](=O)[O-]. The molecule has 22 heavy (non-hydrogen) atoms. The van der Waals surface area contributed by atoms with Gasteiger partial charge in [-0.2, -0.15) is 5.10 Å². The first kappa shape index (κ1) is 15.5. The van der Waals surface area contributed by atoms with E-state index in [2.05, 4.69) is 5.10 Å². The van der Waals surface area contributed by atoms with Gasteiger partial charge in [0.1, 0.15) is 12.3 Å². The van der Waals surface area contributed by atoms with Crippen LogP contribution in [0.5, 0.6) is 0 Å². The van der Waals surface area contributed by atoms with Gasteiger partial charge in [0.25, 0.3) is 5.69 Å². The standard InChI is InChI=1S/C14H16N4O4/c1-16(2)12-5-4-10(6-13(12)18(20)21)9-22-14(19)11-7-15-17(3)8-11/h4-8H,9H2,1-3H3. The highest BCUT2D eigenvalue weighted by atomic mass is 16.6. The first-order valence-electron chi connectivity index (χ1n) is 6.49. The average Bonchev–Trinajstić information content (AvgIpc) is 2.91. The number of aryl methyl sites for hydroxylation is 1. The van der Waals surface area contributed by atoms with E-state index in [0.717, 1.165) is 0 Å². The topological polar surface area (TPSA) is 90.5 Å². The quantitative estimate of drug-likeness (QED) is 0.475. The van der Waals surface area contributed by atoms with Crippen molar-refractivity contribution in [2.75, 3.05) is 19.0 Å². The van der Waals surface area contributed by atoms with Crippen molar-refractivity contribution in [1.82, 2.24) is 9.78 Å². The number of nitrogens with zero attached hydrogens (tertiary/aromatic N) is 4. The highest BCUT2D eigenvalue weighted by Gasteiger charge is 2.17. The van der Waals surface area contributed by atoms with Crippen LogP contribution in [0, 0.1) is 10.1 Å². The van der Waals surface area contributed by atoms with Crippen molar-refractivity contribution in [2.45, 2.75) is 6.61 Å². The molecule has 116 valence electrons. The Morgan fingerprint density at radius 3 is 2.73 bits per heavy atom. The molecule has 0 aliphatic carbocycles. The average molecular weight is 304 g/mol. The Bertz CT molecular complexity index is 709. The van der Waals surface area contributed by atoms with Gasteiger partial charge in [0.15, 0.2) is 0 Å². The fourth-order valence-electron chi connectivity index (χ4n) is 1.94. The van der Waals surface area contributed by atoms with Crippen LogP contribution in [-0.4, -0.2) is 34.8 Å². The summed E-state index contributed by atoms with van der Waals surface area (Å²) < 4.78 is 6.63. The normalized spacial score (nSPS) is 10.3. The van der Waals surface area contributed by atoms with Crippen molar-refractivity contribution in [3.63, 3.8) is 0 Å². The Hall–Kier alpha value is -2.90. The summed E-state index contributed by atoms with van der Waals surface area (Å²) in [5.74, 6) is -0.521. The molecule has 8 heteroatoms. The maximum atomic E-state index is 11.8. The molecule has 1 heterocycles. The van der Waals surface area contributed by atoms with Crippen LogP contribution in [0.2, 0.25) is 0 Å². The second-order valence-electron chi connectivity index (χ2n) is 4.95.